The highest BCUT2D eigenvalue weighted by Crippen LogP contribution is 2.18. The molecule has 0 aromatic heterocycles. The molecule has 0 spiro atoms. The molecule has 5 nitrogen and oxygen atoms in total. The third-order valence-corrected chi connectivity index (χ3v) is 2.19. The zero-order valence-electron chi connectivity index (χ0n) is 8.97. The Morgan fingerprint density at radius 1 is 1.44 bits per heavy atom. The predicted molar refractivity (Wildman–Crippen MR) is 58.5 cm³/mol. The summed E-state index contributed by atoms with van der Waals surface area (Å²) in [7, 11) is 0. The van der Waals surface area contributed by atoms with Crippen LogP contribution in [0.2, 0.25) is 0 Å². The predicted octanol–water partition coefficient (Wildman–Crippen LogP) is 1.72. The lowest BCUT2D eigenvalue weighted by molar-refractivity contribution is -0.384. The van der Waals surface area contributed by atoms with Crippen LogP contribution < -0.4 is 0 Å². The van der Waals surface area contributed by atoms with Gasteiger partial charge in [-0.15, -0.1) is 0 Å². The van der Waals surface area contributed by atoms with Gasteiger partial charge in [0.25, 0.3) is 5.69 Å². The molecule has 0 saturated heterocycles. The van der Waals surface area contributed by atoms with Crippen LogP contribution in [-0.4, -0.2) is 22.4 Å². The van der Waals surface area contributed by atoms with Gasteiger partial charge >= 0.3 is 0 Å². The first-order valence-electron chi connectivity index (χ1n) is 5.01. The second-order valence-electron chi connectivity index (χ2n) is 3.48. The van der Waals surface area contributed by atoms with Crippen LogP contribution in [0.25, 0.3) is 0 Å². The Bertz CT molecular complexity index is 414. The Kier molecular flexibility index (Phi) is 4.13. The van der Waals surface area contributed by atoms with Crippen LogP contribution in [0.15, 0.2) is 18.2 Å². The molecule has 1 rings (SSSR count). The molecule has 0 bridgehead atoms. The molecule has 0 aliphatic carbocycles. The molecular weight excluding hydrogens is 210 g/mol. The van der Waals surface area contributed by atoms with Crippen LogP contribution >= 0.6 is 0 Å². The summed E-state index contributed by atoms with van der Waals surface area (Å²) in [5.74, 6) is -0.499. The van der Waals surface area contributed by atoms with Crippen molar-refractivity contribution in [2.75, 3.05) is 6.61 Å². The maximum absolute atomic E-state index is 11.3. The summed E-state index contributed by atoms with van der Waals surface area (Å²) in [6, 6.07) is 4.24. The number of rotatable bonds is 5. The number of hydrogen-bond donors (Lipinski definition) is 1. The van der Waals surface area contributed by atoms with Crippen LogP contribution in [0, 0.1) is 10.1 Å². The number of nitro groups is 1. The molecule has 0 fully saturated rings. The molecule has 86 valence electrons. The van der Waals surface area contributed by atoms with Crippen LogP contribution in [-0.2, 0) is 6.42 Å². The van der Waals surface area contributed by atoms with Gasteiger partial charge in [-0.1, -0.05) is 13.3 Å². The molecule has 0 heterocycles. The first kappa shape index (κ1) is 12.3. The van der Waals surface area contributed by atoms with E-state index in [1.807, 2.05) is 6.92 Å². The minimum atomic E-state index is -0.632. The SMILES string of the molecule is CCCc1cc(C(=O)CO)cc([N+](=O)[O-])c1. The van der Waals surface area contributed by atoms with Crippen molar-refractivity contribution in [1.29, 1.82) is 0 Å². The van der Waals surface area contributed by atoms with Crippen molar-refractivity contribution >= 4 is 11.5 Å². The number of hydrogen-bond acceptors (Lipinski definition) is 4. The highest BCUT2D eigenvalue weighted by Gasteiger charge is 2.13. The van der Waals surface area contributed by atoms with E-state index in [0.29, 0.717) is 6.42 Å². The standard InChI is InChI=1S/C11H13NO4/c1-2-3-8-4-9(11(14)7-13)6-10(5-8)12(15)16/h4-6,13H,2-3,7H2,1H3. The van der Waals surface area contributed by atoms with Crippen molar-refractivity contribution in [2.45, 2.75) is 19.8 Å². The number of nitro benzene ring substituents is 1. The molecule has 0 saturated carbocycles. The van der Waals surface area contributed by atoms with Crippen molar-refractivity contribution in [1.82, 2.24) is 0 Å². The first-order valence-corrected chi connectivity index (χ1v) is 5.01. The Labute approximate surface area is 92.9 Å². The van der Waals surface area contributed by atoms with Gasteiger partial charge in [-0.3, -0.25) is 14.9 Å². The van der Waals surface area contributed by atoms with Gasteiger partial charge < -0.3 is 5.11 Å². The monoisotopic (exact) mass is 223 g/mol. The summed E-state index contributed by atoms with van der Waals surface area (Å²) >= 11 is 0. The van der Waals surface area contributed by atoms with Crippen molar-refractivity contribution in [3.8, 4) is 0 Å². The molecule has 1 N–H and O–H groups in total. The summed E-state index contributed by atoms with van der Waals surface area (Å²) < 4.78 is 0. The Hall–Kier alpha value is -1.75. The minimum absolute atomic E-state index is 0.109. The molecule has 0 unspecified atom stereocenters. The number of benzene rings is 1. The molecular formula is C11H13NO4. The molecule has 1 aromatic carbocycles. The van der Waals surface area contributed by atoms with E-state index in [2.05, 4.69) is 0 Å². The fourth-order valence-corrected chi connectivity index (χ4v) is 1.46. The fraction of sp³-hybridized carbons (Fsp3) is 0.364. The van der Waals surface area contributed by atoms with Gasteiger partial charge in [0.2, 0.25) is 0 Å². The summed E-state index contributed by atoms with van der Waals surface area (Å²) in [6.45, 7) is 1.32. The van der Waals surface area contributed by atoms with Gasteiger partial charge in [0, 0.05) is 17.7 Å². The van der Waals surface area contributed by atoms with E-state index in [-0.39, 0.29) is 11.3 Å². The van der Waals surface area contributed by atoms with Gasteiger partial charge in [0.1, 0.15) is 6.61 Å². The van der Waals surface area contributed by atoms with Crippen molar-refractivity contribution in [3.05, 3.63) is 39.4 Å². The normalized spacial score (nSPS) is 10.1. The van der Waals surface area contributed by atoms with E-state index in [1.165, 1.54) is 12.1 Å². The lowest BCUT2D eigenvalue weighted by Gasteiger charge is -2.03. The molecule has 0 amide bonds. The van der Waals surface area contributed by atoms with Crippen molar-refractivity contribution < 1.29 is 14.8 Å². The Morgan fingerprint density at radius 2 is 2.12 bits per heavy atom. The smallest absolute Gasteiger partial charge is 0.270 e. The third kappa shape index (κ3) is 2.87. The number of carbonyl (C=O) groups excluding carboxylic acids is 1. The molecule has 16 heavy (non-hydrogen) atoms. The van der Waals surface area contributed by atoms with E-state index in [4.69, 9.17) is 5.11 Å². The van der Waals surface area contributed by atoms with Gasteiger partial charge in [-0.2, -0.15) is 0 Å². The Morgan fingerprint density at radius 3 is 2.62 bits per heavy atom. The van der Waals surface area contributed by atoms with Crippen molar-refractivity contribution in [2.24, 2.45) is 0 Å². The van der Waals surface area contributed by atoms with Crippen LogP contribution in [0.3, 0.4) is 0 Å². The van der Waals surface area contributed by atoms with E-state index in [9.17, 15) is 14.9 Å². The highest BCUT2D eigenvalue weighted by atomic mass is 16.6. The summed E-state index contributed by atoms with van der Waals surface area (Å²) in [5, 5.41) is 19.4. The summed E-state index contributed by atoms with van der Waals surface area (Å²) in [5.41, 5.74) is 0.830. The second-order valence-corrected chi connectivity index (χ2v) is 3.48. The average molecular weight is 223 g/mol. The van der Waals surface area contributed by atoms with Gasteiger partial charge in [-0.25, -0.2) is 0 Å². The van der Waals surface area contributed by atoms with E-state index in [0.717, 1.165) is 12.0 Å². The fourth-order valence-electron chi connectivity index (χ4n) is 1.46. The number of Topliss-reactive ketones (excluding diaryl/α,β-unsaturated/α-hetero) is 1. The Balaban J connectivity index is 3.18. The quantitative estimate of drug-likeness (QED) is 0.468. The van der Waals surface area contributed by atoms with Gasteiger partial charge in [0.15, 0.2) is 5.78 Å². The lowest BCUT2D eigenvalue weighted by atomic mass is 10.0. The second kappa shape index (κ2) is 5.37. The third-order valence-electron chi connectivity index (χ3n) is 2.19. The van der Waals surface area contributed by atoms with Crippen LogP contribution in [0.1, 0.15) is 29.3 Å². The maximum atomic E-state index is 11.3. The summed E-state index contributed by atoms with van der Waals surface area (Å²) in [4.78, 5) is 21.4. The molecule has 1 aromatic rings. The van der Waals surface area contributed by atoms with E-state index >= 15 is 0 Å². The first-order chi connectivity index (χ1) is 7.58. The number of aryl methyl sites for hydroxylation is 1. The van der Waals surface area contributed by atoms with E-state index < -0.39 is 17.3 Å². The van der Waals surface area contributed by atoms with Crippen LogP contribution in [0.5, 0.6) is 0 Å². The molecule has 0 aliphatic rings. The largest absolute Gasteiger partial charge is 0.388 e. The molecule has 0 atom stereocenters. The molecule has 0 radical (unpaired) electrons. The van der Waals surface area contributed by atoms with Gasteiger partial charge in [-0.05, 0) is 18.1 Å². The molecule has 5 heteroatoms. The van der Waals surface area contributed by atoms with Gasteiger partial charge in [0.05, 0.1) is 4.92 Å². The number of non-ortho nitro benzene ring substituents is 1. The molecule has 0 aliphatic heterocycles. The highest BCUT2D eigenvalue weighted by molar-refractivity contribution is 5.97. The average Bonchev–Trinajstić information content (AvgIpc) is 2.28. The maximum Gasteiger partial charge on any atom is 0.270 e. The zero-order valence-corrected chi connectivity index (χ0v) is 8.97. The number of ketones is 1. The zero-order chi connectivity index (χ0) is 12.1. The lowest BCUT2D eigenvalue weighted by Crippen LogP contribution is -2.06. The van der Waals surface area contributed by atoms with Crippen molar-refractivity contribution in [3.63, 3.8) is 0 Å². The van der Waals surface area contributed by atoms with Crippen LogP contribution in [0.4, 0.5) is 5.69 Å². The number of aliphatic hydroxyl groups excluding tert-OH is 1. The summed E-state index contributed by atoms with van der Waals surface area (Å²) in [6.07, 6.45) is 1.52. The number of carbonyl (C=O) groups is 1. The number of aliphatic hydroxyl groups is 1. The topological polar surface area (TPSA) is 80.4 Å². The minimum Gasteiger partial charge on any atom is -0.388 e. The number of nitrogens with zero attached hydrogens (tertiary/aromatic N) is 1. The van der Waals surface area contributed by atoms with E-state index in [1.54, 1.807) is 6.07 Å².